The molecule has 2 aliphatic rings. The summed E-state index contributed by atoms with van der Waals surface area (Å²) in [7, 11) is 0. The molecule has 0 amide bonds. The first-order chi connectivity index (χ1) is 11.9. The monoisotopic (exact) mass is 347 g/mol. The van der Waals surface area contributed by atoms with Gasteiger partial charge in [-0.3, -0.25) is 0 Å². The zero-order valence-electron chi connectivity index (χ0n) is 14.6. The van der Waals surface area contributed by atoms with Gasteiger partial charge in [-0.05, 0) is 45.6 Å². The van der Waals surface area contributed by atoms with E-state index >= 15 is 0 Å². The Morgan fingerprint density at radius 2 is 1.80 bits per heavy atom. The first-order valence-electron chi connectivity index (χ1n) is 8.97. The summed E-state index contributed by atoms with van der Waals surface area (Å²) in [5.41, 5.74) is 2.91. The third kappa shape index (κ3) is 3.65. The average Bonchev–Trinajstić information content (AvgIpc) is 3.34. The number of hydrogen-bond donors (Lipinski definition) is 1. The van der Waals surface area contributed by atoms with Gasteiger partial charge >= 0.3 is 0 Å². The summed E-state index contributed by atoms with van der Waals surface area (Å²) in [5, 5.41) is 7.83. The Balaban J connectivity index is 1.60. The normalized spacial score (nSPS) is 20.6. The molecule has 2 aromatic rings. The maximum atomic E-state index is 13.4. The van der Waals surface area contributed by atoms with E-state index in [2.05, 4.69) is 20.4 Å². The summed E-state index contributed by atoms with van der Waals surface area (Å²) in [5.74, 6) is -0.763. The molecule has 4 rings (SSSR count). The molecule has 134 valence electrons. The molecule has 7 heteroatoms. The second-order valence-corrected chi connectivity index (χ2v) is 7.37. The largest absolute Gasteiger partial charge is 0.367 e. The molecule has 2 fully saturated rings. The molecule has 5 nitrogen and oxygen atoms in total. The maximum absolute atomic E-state index is 13.4. The Labute approximate surface area is 145 Å². The summed E-state index contributed by atoms with van der Waals surface area (Å²) in [6, 6.07) is 4.00. The molecule has 2 aromatic heterocycles. The van der Waals surface area contributed by atoms with Gasteiger partial charge in [0.15, 0.2) is 0 Å². The van der Waals surface area contributed by atoms with Crippen LogP contribution in [0.2, 0.25) is 0 Å². The number of aromatic nitrogens is 4. The van der Waals surface area contributed by atoms with Crippen LogP contribution >= 0.6 is 0 Å². The van der Waals surface area contributed by atoms with E-state index < -0.39 is 5.92 Å². The number of hydrogen-bond acceptors (Lipinski definition) is 4. The van der Waals surface area contributed by atoms with Crippen LogP contribution in [0.15, 0.2) is 12.1 Å². The third-order valence-electron chi connectivity index (χ3n) is 5.00. The highest BCUT2D eigenvalue weighted by Gasteiger charge is 2.35. The van der Waals surface area contributed by atoms with Crippen molar-refractivity contribution in [1.82, 2.24) is 19.7 Å². The van der Waals surface area contributed by atoms with Crippen molar-refractivity contribution >= 4 is 5.82 Å². The summed E-state index contributed by atoms with van der Waals surface area (Å²) in [6.07, 6.45) is 3.09. The topological polar surface area (TPSA) is 55.6 Å². The minimum atomic E-state index is -2.52. The Hall–Kier alpha value is -2.05. The molecular weight excluding hydrogens is 324 g/mol. The number of rotatable bonds is 4. The van der Waals surface area contributed by atoms with Crippen LogP contribution in [0, 0.1) is 13.8 Å². The second-order valence-electron chi connectivity index (χ2n) is 7.37. The van der Waals surface area contributed by atoms with E-state index in [-0.39, 0.29) is 18.9 Å². The van der Waals surface area contributed by atoms with E-state index in [1.165, 1.54) is 0 Å². The Morgan fingerprint density at radius 3 is 2.40 bits per heavy atom. The van der Waals surface area contributed by atoms with Gasteiger partial charge in [0.2, 0.25) is 5.92 Å². The molecule has 0 saturated heterocycles. The molecule has 0 unspecified atom stereocenters. The van der Waals surface area contributed by atoms with Crippen molar-refractivity contribution in [2.45, 2.75) is 70.3 Å². The fourth-order valence-electron chi connectivity index (χ4n) is 3.43. The zero-order chi connectivity index (χ0) is 17.6. The summed E-state index contributed by atoms with van der Waals surface area (Å²) < 4.78 is 28.5. The van der Waals surface area contributed by atoms with Gasteiger partial charge in [0.05, 0.1) is 11.4 Å². The van der Waals surface area contributed by atoms with Crippen LogP contribution in [0.4, 0.5) is 14.6 Å². The smallest absolute Gasteiger partial charge is 0.252 e. The van der Waals surface area contributed by atoms with Crippen molar-refractivity contribution in [2.75, 3.05) is 5.32 Å². The molecule has 0 radical (unpaired) electrons. The molecule has 25 heavy (non-hydrogen) atoms. The predicted molar refractivity (Wildman–Crippen MR) is 91.4 cm³/mol. The van der Waals surface area contributed by atoms with Gasteiger partial charge in [-0.25, -0.2) is 18.4 Å². The van der Waals surface area contributed by atoms with Crippen LogP contribution in [0.5, 0.6) is 0 Å². The molecule has 2 aliphatic carbocycles. The second kappa shape index (κ2) is 6.04. The Morgan fingerprint density at radius 1 is 1.08 bits per heavy atom. The first kappa shape index (κ1) is 16.4. The predicted octanol–water partition coefficient (Wildman–Crippen LogP) is 4.15. The standard InChI is InChI=1S/C18H23F2N5/c1-11-9-12(2)25(24-11)17-22-15(13-3-4-13)10-16(23-17)21-14-5-7-18(19,20)8-6-14/h9-10,13-14H,3-8H2,1-2H3,(H,21,22,23). The Bertz CT molecular complexity index is 772. The quantitative estimate of drug-likeness (QED) is 0.903. The van der Waals surface area contributed by atoms with Crippen molar-refractivity contribution in [1.29, 1.82) is 0 Å². The van der Waals surface area contributed by atoms with E-state index in [1.54, 1.807) is 4.68 Å². The lowest BCUT2D eigenvalue weighted by Gasteiger charge is -2.29. The van der Waals surface area contributed by atoms with Crippen LogP contribution in [0.3, 0.4) is 0 Å². The maximum Gasteiger partial charge on any atom is 0.252 e. The van der Waals surface area contributed by atoms with Gasteiger partial charge in [-0.2, -0.15) is 10.1 Å². The number of nitrogens with zero attached hydrogens (tertiary/aromatic N) is 4. The number of nitrogens with one attached hydrogen (secondary N) is 1. The van der Waals surface area contributed by atoms with Gasteiger partial charge in [0.25, 0.3) is 5.95 Å². The number of halogens is 2. The van der Waals surface area contributed by atoms with Crippen molar-refractivity contribution in [3.8, 4) is 5.95 Å². The molecule has 0 atom stereocenters. The molecule has 2 heterocycles. The van der Waals surface area contributed by atoms with E-state index in [0.717, 1.165) is 35.7 Å². The minimum Gasteiger partial charge on any atom is -0.367 e. The van der Waals surface area contributed by atoms with Gasteiger partial charge < -0.3 is 5.32 Å². The zero-order valence-corrected chi connectivity index (χ0v) is 14.6. The van der Waals surface area contributed by atoms with Gasteiger partial charge in [0, 0.05) is 36.6 Å². The van der Waals surface area contributed by atoms with E-state index in [9.17, 15) is 8.78 Å². The highest BCUT2D eigenvalue weighted by molar-refractivity contribution is 5.42. The number of alkyl halides is 2. The molecule has 1 N–H and O–H groups in total. The lowest BCUT2D eigenvalue weighted by Crippen LogP contribution is -2.32. The van der Waals surface area contributed by atoms with Crippen LogP contribution in [0.1, 0.15) is 61.5 Å². The van der Waals surface area contributed by atoms with Crippen molar-refractivity contribution in [3.63, 3.8) is 0 Å². The van der Waals surface area contributed by atoms with E-state index in [4.69, 9.17) is 0 Å². The fraction of sp³-hybridized carbons (Fsp3) is 0.611. The lowest BCUT2D eigenvalue weighted by molar-refractivity contribution is -0.0361. The minimum absolute atomic E-state index is 0.0369. The SMILES string of the molecule is Cc1cc(C)n(-c2nc(NC3CCC(F)(F)CC3)cc(C3CC3)n2)n1. The highest BCUT2D eigenvalue weighted by atomic mass is 19.3. The van der Waals surface area contributed by atoms with Gasteiger partial charge in [-0.15, -0.1) is 0 Å². The van der Waals surface area contributed by atoms with Gasteiger partial charge in [0.1, 0.15) is 5.82 Å². The van der Waals surface area contributed by atoms with Crippen LogP contribution in [-0.2, 0) is 0 Å². The van der Waals surface area contributed by atoms with Gasteiger partial charge in [-0.1, -0.05) is 0 Å². The van der Waals surface area contributed by atoms with Crippen molar-refractivity contribution < 1.29 is 8.78 Å². The summed E-state index contributed by atoms with van der Waals surface area (Å²) >= 11 is 0. The highest BCUT2D eigenvalue weighted by Crippen LogP contribution is 2.40. The van der Waals surface area contributed by atoms with E-state index in [1.807, 2.05) is 26.0 Å². The summed E-state index contributed by atoms with van der Waals surface area (Å²) in [4.78, 5) is 9.29. The van der Waals surface area contributed by atoms with E-state index in [0.29, 0.717) is 24.7 Å². The molecule has 0 aliphatic heterocycles. The van der Waals surface area contributed by atoms with Crippen LogP contribution < -0.4 is 5.32 Å². The molecule has 0 aromatic carbocycles. The fourth-order valence-corrected chi connectivity index (χ4v) is 3.43. The van der Waals surface area contributed by atoms with Crippen molar-refractivity contribution in [2.24, 2.45) is 0 Å². The van der Waals surface area contributed by atoms with Crippen LogP contribution in [-0.4, -0.2) is 31.7 Å². The molecule has 2 saturated carbocycles. The Kier molecular flexibility index (Phi) is 3.96. The lowest BCUT2D eigenvalue weighted by atomic mass is 9.92. The summed E-state index contributed by atoms with van der Waals surface area (Å²) in [6.45, 7) is 3.92. The molecule has 0 spiro atoms. The number of aryl methyl sites for hydroxylation is 2. The molecule has 0 bridgehead atoms. The number of anilines is 1. The van der Waals surface area contributed by atoms with Crippen LogP contribution in [0.25, 0.3) is 5.95 Å². The third-order valence-corrected chi connectivity index (χ3v) is 5.00. The van der Waals surface area contributed by atoms with Crippen molar-refractivity contribution in [3.05, 3.63) is 29.2 Å². The molecular formula is C18H23F2N5. The average molecular weight is 347 g/mol. The first-order valence-corrected chi connectivity index (χ1v) is 8.97.